The number of nitrogens with zero attached hydrogens (tertiary/aromatic N) is 3. The first-order valence-corrected chi connectivity index (χ1v) is 7.74. The van der Waals surface area contributed by atoms with Crippen LogP contribution in [0.15, 0.2) is 50.3 Å². The van der Waals surface area contributed by atoms with Crippen LogP contribution >= 0.6 is 31.9 Å². The molecule has 4 nitrogen and oxygen atoms in total. The molecule has 0 aliphatic carbocycles. The van der Waals surface area contributed by atoms with E-state index in [1.165, 1.54) is 4.52 Å². The van der Waals surface area contributed by atoms with Gasteiger partial charge in [-0.1, -0.05) is 30.3 Å². The summed E-state index contributed by atoms with van der Waals surface area (Å²) in [6.07, 6.45) is 1.79. The average molecular weight is 397 g/mol. The van der Waals surface area contributed by atoms with Gasteiger partial charge in [0.2, 0.25) is 0 Å². The first-order valence-electron chi connectivity index (χ1n) is 6.16. The Hall–Kier alpha value is -1.40. The highest BCUT2D eigenvalue weighted by Crippen LogP contribution is 2.30. The van der Waals surface area contributed by atoms with Gasteiger partial charge in [0.05, 0.1) is 4.47 Å². The molecule has 0 saturated carbocycles. The van der Waals surface area contributed by atoms with Gasteiger partial charge in [0.1, 0.15) is 10.2 Å². The molecule has 3 rings (SSSR count). The Morgan fingerprint density at radius 1 is 1.20 bits per heavy atom. The van der Waals surface area contributed by atoms with Crippen molar-refractivity contribution in [3.63, 3.8) is 0 Å². The first-order chi connectivity index (χ1) is 9.63. The van der Waals surface area contributed by atoms with Gasteiger partial charge in [-0.05, 0) is 38.8 Å². The Morgan fingerprint density at radius 3 is 2.55 bits per heavy atom. The van der Waals surface area contributed by atoms with Crippen LogP contribution in [0.25, 0.3) is 16.9 Å². The molecule has 0 fully saturated rings. The SMILES string of the molecule is CCn1cc(Br)c(=O)n2nc(-c3ccccc3)c(Br)c12. The smallest absolute Gasteiger partial charge is 0.288 e. The van der Waals surface area contributed by atoms with Gasteiger partial charge in [-0.2, -0.15) is 9.61 Å². The summed E-state index contributed by atoms with van der Waals surface area (Å²) in [7, 11) is 0. The summed E-state index contributed by atoms with van der Waals surface area (Å²) in [4.78, 5) is 12.2. The molecule has 0 radical (unpaired) electrons. The highest BCUT2D eigenvalue weighted by Gasteiger charge is 2.17. The molecule has 2 aromatic heterocycles. The van der Waals surface area contributed by atoms with Gasteiger partial charge in [0.25, 0.3) is 5.56 Å². The molecule has 3 aromatic rings. The standard InChI is InChI=1S/C14H11Br2N3O/c1-2-18-8-10(15)14(20)19-13(18)11(16)12(17-19)9-6-4-3-5-7-9/h3-8H,2H2,1H3. The Balaban J connectivity index is 2.41. The van der Waals surface area contributed by atoms with E-state index in [0.717, 1.165) is 27.9 Å². The molecule has 0 saturated heterocycles. The van der Waals surface area contributed by atoms with E-state index in [1.807, 2.05) is 41.8 Å². The summed E-state index contributed by atoms with van der Waals surface area (Å²) in [5, 5.41) is 4.46. The Morgan fingerprint density at radius 2 is 1.90 bits per heavy atom. The fraction of sp³-hybridized carbons (Fsp3) is 0.143. The molecule has 1 aromatic carbocycles. The molecule has 102 valence electrons. The van der Waals surface area contributed by atoms with E-state index in [2.05, 4.69) is 37.0 Å². The van der Waals surface area contributed by atoms with E-state index in [9.17, 15) is 4.79 Å². The normalized spacial score (nSPS) is 11.2. The largest absolute Gasteiger partial charge is 0.331 e. The van der Waals surface area contributed by atoms with E-state index in [1.54, 1.807) is 6.20 Å². The topological polar surface area (TPSA) is 39.3 Å². The van der Waals surface area contributed by atoms with Crippen LogP contribution in [0.4, 0.5) is 0 Å². The number of aromatic nitrogens is 3. The molecule has 0 spiro atoms. The van der Waals surface area contributed by atoms with Crippen molar-refractivity contribution >= 4 is 37.5 Å². The van der Waals surface area contributed by atoms with E-state index in [4.69, 9.17) is 0 Å². The number of fused-ring (bicyclic) bond motifs is 1. The maximum Gasteiger partial charge on any atom is 0.288 e. The van der Waals surface area contributed by atoms with Gasteiger partial charge >= 0.3 is 0 Å². The summed E-state index contributed by atoms with van der Waals surface area (Å²) in [6, 6.07) is 9.81. The molecule has 0 unspecified atom stereocenters. The Kier molecular flexibility index (Phi) is 3.52. The molecule has 20 heavy (non-hydrogen) atoms. The van der Waals surface area contributed by atoms with E-state index in [0.29, 0.717) is 4.47 Å². The fourth-order valence-electron chi connectivity index (χ4n) is 2.16. The second-order valence-electron chi connectivity index (χ2n) is 4.33. The van der Waals surface area contributed by atoms with Crippen LogP contribution < -0.4 is 5.56 Å². The van der Waals surface area contributed by atoms with Crippen LogP contribution in [-0.2, 0) is 6.54 Å². The third-order valence-electron chi connectivity index (χ3n) is 3.13. The zero-order chi connectivity index (χ0) is 14.3. The maximum absolute atomic E-state index is 12.2. The number of benzene rings is 1. The lowest BCUT2D eigenvalue weighted by atomic mass is 10.2. The van der Waals surface area contributed by atoms with Crippen molar-refractivity contribution in [2.24, 2.45) is 0 Å². The summed E-state index contributed by atoms with van der Waals surface area (Å²) in [6.45, 7) is 2.78. The first kappa shape index (κ1) is 13.6. The molecule has 0 atom stereocenters. The minimum Gasteiger partial charge on any atom is -0.331 e. The molecule has 0 aliphatic heterocycles. The quantitative estimate of drug-likeness (QED) is 0.662. The van der Waals surface area contributed by atoms with Crippen molar-refractivity contribution in [2.45, 2.75) is 13.5 Å². The lowest BCUT2D eigenvalue weighted by Crippen LogP contribution is -2.19. The van der Waals surface area contributed by atoms with Crippen LogP contribution in [0, 0.1) is 0 Å². The van der Waals surface area contributed by atoms with Gasteiger partial charge in [-0.15, -0.1) is 0 Å². The maximum atomic E-state index is 12.2. The number of halogens is 2. The van der Waals surface area contributed by atoms with E-state index in [-0.39, 0.29) is 5.56 Å². The number of hydrogen-bond donors (Lipinski definition) is 0. The highest BCUT2D eigenvalue weighted by molar-refractivity contribution is 9.11. The second kappa shape index (κ2) is 5.18. The monoisotopic (exact) mass is 395 g/mol. The molecular weight excluding hydrogens is 386 g/mol. The van der Waals surface area contributed by atoms with Crippen molar-refractivity contribution in [3.8, 4) is 11.3 Å². The molecular formula is C14H11Br2N3O. The number of rotatable bonds is 2. The van der Waals surface area contributed by atoms with Crippen LogP contribution in [0.3, 0.4) is 0 Å². The molecule has 0 aliphatic rings. The van der Waals surface area contributed by atoms with E-state index >= 15 is 0 Å². The van der Waals surface area contributed by atoms with Gasteiger partial charge in [-0.3, -0.25) is 4.79 Å². The van der Waals surface area contributed by atoms with Crippen molar-refractivity contribution < 1.29 is 0 Å². The number of aryl methyl sites for hydroxylation is 1. The highest BCUT2D eigenvalue weighted by atomic mass is 79.9. The summed E-state index contributed by atoms with van der Waals surface area (Å²) >= 11 is 6.87. The molecule has 0 bridgehead atoms. The molecule has 6 heteroatoms. The average Bonchev–Trinajstić information content (AvgIpc) is 2.82. The molecule has 2 heterocycles. The molecule has 0 amide bonds. The minimum absolute atomic E-state index is 0.160. The summed E-state index contributed by atoms with van der Waals surface area (Å²) < 4.78 is 4.74. The van der Waals surface area contributed by atoms with Crippen molar-refractivity contribution in [3.05, 3.63) is 55.8 Å². The number of hydrogen-bond acceptors (Lipinski definition) is 2. The van der Waals surface area contributed by atoms with Crippen LogP contribution in [0.5, 0.6) is 0 Å². The van der Waals surface area contributed by atoms with Gasteiger partial charge < -0.3 is 4.57 Å². The van der Waals surface area contributed by atoms with Crippen molar-refractivity contribution in [1.29, 1.82) is 0 Å². The van der Waals surface area contributed by atoms with Gasteiger partial charge in [-0.25, -0.2) is 0 Å². The Bertz CT molecular complexity index is 837. The summed E-state index contributed by atoms with van der Waals surface area (Å²) in [5.74, 6) is 0. The lowest BCUT2D eigenvalue weighted by molar-refractivity contribution is 0.733. The van der Waals surface area contributed by atoms with Crippen LogP contribution in [-0.4, -0.2) is 14.2 Å². The Labute approximate surface area is 132 Å². The lowest BCUT2D eigenvalue weighted by Gasteiger charge is -2.06. The van der Waals surface area contributed by atoms with Crippen molar-refractivity contribution in [2.75, 3.05) is 0 Å². The molecule has 0 N–H and O–H groups in total. The fourth-order valence-corrected chi connectivity index (χ4v) is 3.27. The van der Waals surface area contributed by atoms with Crippen molar-refractivity contribution in [1.82, 2.24) is 14.2 Å². The van der Waals surface area contributed by atoms with Crippen LogP contribution in [0.1, 0.15) is 6.92 Å². The zero-order valence-corrected chi connectivity index (χ0v) is 13.8. The second-order valence-corrected chi connectivity index (χ2v) is 5.98. The third-order valence-corrected chi connectivity index (χ3v) is 4.40. The third kappa shape index (κ3) is 2.03. The van der Waals surface area contributed by atoms with E-state index < -0.39 is 0 Å². The summed E-state index contributed by atoms with van der Waals surface area (Å²) in [5.41, 5.74) is 2.34. The van der Waals surface area contributed by atoms with Gasteiger partial charge in [0.15, 0.2) is 5.65 Å². The van der Waals surface area contributed by atoms with Crippen LogP contribution in [0.2, 0.25) is 0 Å². The van der Waals surface area contributed by atoms with Gasteiger partial charge in [0, 0.05) is 18.3 Å². The predicted octanol–water partition coefficient (Wildman–Crippen LogP) is 3.71. The predicted molar refractivity (Wildman–Crippen MR) is 86.0 cm³/mol. The zero-order valence-electron chi connectivity index (χ0n) is 10.7. The minimum atomic E-state index is -0.160.